The van der Waals surface area contributed by atoms with E-state index < -0.39 is 0 Å². The van der Waals surface area contributed by atoms with Gasteiger partial charge in [-0.25, -0.2) is 4.98 Å². The summed E-state index contributed by atoms with van der Waals surface area (Å²) in [5.41, 5.74) is 11.5. The van der Waals surface area contributed by atoms with E-state index in [0.29, 0.717) is 6.54 Å². The number of nitrogens with one attached hydrogen (secondary N) is 1. The second-order valence-corrected chi connectivity index (χ2v) is 11.6. The van der Waals surface area contributed by atoms with Crippen molar-refractivity contribution < 1.29 is 0 Å². The first-order valence-corrected chi connectivity index (χ1v) is 15.0. The number of likely N-dealkylation sites (tertiary alicyclic amines) is 1. The molecule has 0 aliphatic carbocycles. The first kappa shape index (κ1) is 25.2. The molecule has 3 aliphatic heterocycles. The van der Waals surface area contributed by atoms with Crippen molar-refractivity contribution in [2.75, 3.05) is 37.6 Å². The minimum atomic E-state index is 0.637. The number of nitrogens with zero attached hydrogens (tertiary/aromatic N) is 5. The number of aliphatic imine (C=N–C) groups is 1. The van der Waals surface area contributed by atoms with Crippen LogP contribution in [0.25, 0.3) is 28.2 Å². The SMILES string of the molecule is Cc1cc(CN2CCCCC2)cc(-c2ccc3c(c2)C(c2nc4c(N5CCCCC5)cncc4[nH]2)=NCC=C3)c1. The van der Waals surface area contributed by atoms with Gasteiger partial charge in [0.1, 0.15) is 11.2 Å². The second kappa shape index (κ2) is 11.0. The third-order valence-electron chi connectivity index (χ3n) is 8.58. The number of aromatic amines is 1. The number of hydrogen-bond donors (Lipinski definition) is 1. The van der Waals surface area contributed by atoms with Gasteiger partial charge in [0, 0.05) is 25.2 Å². The maximum atomic E-state index is 5.15. The molecule has 204 valence electrons. The van der Waals surface area contributed by atoms with Gasteiger partial charge in [-0.3, -0.25) is 14.9 Å². The summed E-state index contributed by atoms with van der Waals surface area (Å²) >= 11 is 0. The van der Waals surface area contributed by atoms with Crippen LogP contribution in [0.15, 0.2) is 59.9 Å². The van der Waals surface area contributed by atoms with E-state index in [1.165, 1.54) is 79.4 Å². The highest BCUT2D eigenvalue weighted by Gasteiger charge is 2.21. The average Bonchev–Trinajstić information content (AvgIpc) is 3.31. The van der Waals surface area contributed by atoms with Gasteiger partial charge in [-0.05, 0) is 86.5 Å². The van der Waals surface area contributed by atoms with Crippen LogP contribution in [0, 0.1) is 6.92 Å². The van der Waals surface area contributed by atoms with E-state index >= 15 is 0 Å². The lowest BCUT2D eigenvalue weighted by Crippen LogP contribution is -2.29. The van der Waals surface area contributed by atoms with Gasteiger partial charge in [0.15, 0.2) is 5.82 Å². The number of aryl methyl sites for hydroxylation is 1. The molecule has 2 saturated heterocycles. The van der Waals surface area contributed by atoms with Crippen LogP contribution in [0.4, 0.5) is 5.69 Å². The summed E-state index contributed by atoms with van der Waals surface area (Å²) in [6, 6.07) is 13.8. The van der Waals surface area contributed by atoms with Gasteiger partial charge in [0.2, 0.25) is 0 Å². The van der Waals surface area contributed by atoms with E-state index in [4.69, 9.17) is 9.98 Å². The molecule has 4 aromatic rings. The van der Waals surface area contributed by atoms with E-state index in [0.717, 1.165) is 53.5 Å². The molecular formula is C34H38N6. The summed E-state index contributed by atoms with van der Waals surface area (Å²) in [6.07, 6.45) is 15.9. The van der Waals surface area contributed by atoms with Crippen LogP contribution in [0.5, 0.6) is 0 Å². The van der Waals surface area contributed by atoms with Crippen LogP contribution in [0.2, 0.25) is 0 Å². The summed E-state index contributed by atoms with van der Waals surface area (Å²) < 4.78 is 0. The molecule has 0 atom stereocenters. The van der Waals surface area contributed by atoms with Gasteiger partial charge in [0.05, 0.1) is 30.1 Å². The third kappa shape index (κ3) is 5.08. The van der Waals surface area contributed by atoms with Gasteiger partial charge in [-0.2, -0.15) is 0 Å². The quantitative estimate of drug-likeness (QED) is 0.309. The molecule has 0 amide bonds. The molecular weight excluding hydrogens is 492 g/mol. The zero-order valence-corrected chi connectivity index (χ0v) is 23.5. The van der Waals surface area contributed by atoms with Crippen LogP contribution >= 0.6 is 0 Å². The Bertz CT molecular complexity index is 1580. The minimum absolute atomic E-state index is 0.637. The zero-order valence-electron chi connectivity index (χ0n) is 23.5. The van der Waals surface area contributed by atoms with Gasteiger partial charge in [0.25, 0.3) is 0 Å². The Morgan fingerprint density at radius 3 is 2.52 bits per heavy atom. The molecule has 6 heteroatoms. The molecule has 3 aliphatic rings. The van der Waals surface area contributed by atoms with Crippen molar-refractivity contribution in [1.29, 1.82) is 0 Å². The van der Waals surface area contributed by atoms with E-state index in [1.807, 2.05) is 12.4 Å². The topological polar surface area (TPSA) is 60.4 Å². The fourth-order valence-corrected chi connectivity index (χ4v) is 6.59. The van der Waals surface area contributed by atoms with E-state index in [1.54, 1.807) is 0 Å². The largest absolute Gasteiger partial charge is 0.368 e. The number of benzene rings is 2. The maximum absolute atomic E-state index is 5.15. The van der Waals surface area contributed by atoms with E-state index in [2.05, 4.69) is 75.2 Å². The average molecular weight is 531 g/mol. The molecule has 0 spiro atoms. The van der Waals surface area contributed by atoms with Crippen molar-refractivity contribution in [3.8, 4) is 11.1 Å². The standard InChI is InChI=1S/C34H38N6/c1-24-17-25(23-39-13-4-2-5-14-39)19-28(18-24)27-11-10-26-9-8-12-36-32(29(26)20-27)34-37-30-21-35-22-31(33(30)38-34)40-15-6-3-7-16-40/h8-11,17-22H,2-7,12-16,23H2,1H3,(H,37,38). The summed E-state index contributed by atoms with van der Waals surface area (Å²) in [6.45, 7) is 8.43. The van der Waals surface area contributed by atoms with Crippen LogP contribution in [0.1, 0.15) is 66.6 Å². The van der Waals surface area contributed by atoms with Crippen molar-refractivity contribution in [3.63, 3.8) is 0 Å². The van der Waals surface area contributed by atoms with Gasteiger partial charge < -0.3 is 9.88 Å². The number of aromatic nitrogens is 3. The fraction of sp³-hybridized carbons (Fsp3) is 0.382. The molecule has 5 heterocycles. The van der Waals surface area contributed by atoms with Crippen molar-refractivity contribution >= 4 is 28.5 Å². The van der Waals surface area contributed by atoms with Crippen molar-refractivity contribution in [2.24, 2.45) is 4.99 Å². The third-order valence-corrected chi connectivity index (χ3v) is 8.58. The summed E-state index contributed by atoms with van der Waals surface area (Å²) in [5, 5.41) is 0. The van der Waals surface area contributed by atoms with Crippen molar-refractivity contribution in [1.82, 2.24) is 19.9 Å². The van der Waals surface area contributed by atoms with Crippen LogP contribution < -0.4 is 4.90 Å². The summed E-state index contributed by atoms with van der Waals surface area (Å²) in [4.78, 5) is 23.3. The molecule has 1 N–H and O–H groups in total. The lowest BCUT2D eigenvalue weighted by Gasteiger charge is -2.28. The number of rotatable bonds is 5. The first-order valence-electron chi connectivity index (χ1n) is 15.0. The smallest absolute Gasteiger partial charge is 0.157 e. The highest BCUT2D eigenvalue weighted by atomic mass is 15.2. The Morgan fingerprint density at radius 2 is 1.68 bits per heavy atom. The molecule has 0 bridgehead atoms. The molecule has 0 saturated carbocycles. The maximum Gasteiger partial charge on any atom is 0.157 e. The Morgan fingerprint density at radius 1 is 0.850 bits per heavy atom. The number of pyridine rings is 1. The predicted molar refractivity (Wildman–Crippen MR) is 165 cm³/mol. The Hall–Kier alpha value is -3.77. The lowest BCUT2D eigenvalue weighted by molar-refractivity contribution is 0.221. The number of hydrogen-bond acceptors (Lipinski definition) is 5. The number of imidazole rings is 1. The van der Waals surface area contributed by atoms with Crippen molar-refractivity contribution in [3.05, 3.63) is 82.9 Å². The first-order chi connectivity index (χ1) is 19.7. The van der Waals surface area contributed by atoms with Crippen LogP contribution in [-0.4, -0.2) is 58.3 Å². The monoisotopic (exact) mass is 530 g/mol. The molecule has 2 aromatic carbocycles. The fourth-order valence-electron chi connectivity index (χ4n) is 6.59. The minimum Gasteiger partial charge on any atom is -0.368 e. The van der Waals surface area contributed by atoms with Gasteiger partial charge >= 0.3 is 0 Å². The number of H-pyrrole nitrogens is 1. The highest BCUT2D eigenvalue weighted by Crippen LogP contribution is 2.31. The highest BCUT2D eigenvalue weighted by molar-refractivity contribution is 6.15. The Labute approximate surface area is 236 Å². The number of fused-ring (bicyclic) bond motifs is 2. The van der Waals surface area contributed by atoms with Gasteiger partial charge in [-0.15, -0.1) is 0 Å². The molecule has 0 radical (unpaired) electrons. The number of anilines is 1. The van der Waals surface area contributed by atoms with E-state index in [9.17, 15) is 0 Å². The molecule has 40 heavy (non-hydrogen) atoms. The normalized spacial score (nSPS) is 18.0. The molecule has 7 rings (SSSR count). The molecule has 2 aromatic heterocycles. The van der Waals surface area contributed by atoms with E-state index in [-0.39, 0.29) is 0 Å². The number of piperidine rings is 2. The Balaban J connectivity index is 1.25. The van der Waals surface area contributed by atoms with Gasteiger partial charge in [-0.1, -0.05) is 48.4 Å². The molecule has 6 nitrogen and oxygen atoms in total. The predicted octanol–water partition coefficient (Wildman–Crippen LogP) is 6.77. The van der Waals surface area contributed by atoms with Crippen LogP contribution in [-0.2, 0) is 6.54 Å². The summed E-state index contributed by atoms with van der Waals surface area (Å²) in [5.74, 6) is 0.818. The molecule has 0 unspecified atom stereocenters. The van der Waals surface area contributed by atoms with Crippen LogP contribution in [0.3, 0.4) is 0 Å². The molecule has 2 fully saturated rings. The Kier molecular flexibility index (Phi) is 6.94. The van der Waals surface area contributed by atoms with Crippen molar-refractivity contribution in [2.45, 2.75) is 52.0 Å². The lowest BCUT2D eigenvalue weighted by atomic mass is 9.94. The second-order valence-electron chi connectivity index (χ2n) is 11.6. The summed E-state index contributed by atoms with van der Waals surface area (Å²) in [7, 11) is 0. The zero-order chi connectivity index (χ0) is 26.9.